The lowest BCUT2D eigenvalue weighted by Gasteiger charge is -2.13. The molecule has 15 heavy (non-hydrogen) atoms. The highest BCUT2D eigenvalue weighted by molar-refractivity contribution is 7.99. The number of hydrogen-bond donors (Lipinski definition) is 1. The Morgan fingerprint density at radius 3 is 2.73 bits per heavy atom. The van der Waals surface area contributed by atoms with Crippen LogP contribution in [0.4, 0.5) is 0 Å². The minimum Gasteiger partial charge on any atom is -0.310 e. The molecule has 2 rings (SSSR count). The molecule has 0 fully saturated rings. The first-order chi connectivity index (χ1) is 6.78. The van der Waals surface area contributed by atoms with Gasteiger partial charge in [-0.05, 0) is 6.08 Å². The molecule has 0 saturated carbocycles. The predicted molar refractivity (Wildman–Crippen MR) is 65.8 cm³/mol. The van der Waals surface area contributed by atoms with Crippen LogP contribution < -0.4 is 0 Å². The lowest BCUT2D eigenvalue weighted by atomic mass is 9.98. The van der Waals surface area contributed by atoms with Crippen LogP contribution >= 0.6 is 11.3 Å². The van der Waals surface area contributed by atoms with Crippen LogP contribution in [0.1, 0.15) is 36.3 Å². The van der Waals surface area contributed by atoms with Crippen molar-refractivity contribution in [1.29, 1.82) is 0 Å². The van der Waals surface area contributed by atoms with Gasteiger partial charge in [-0.1, -0.05) is 20.8 Å². The van der Waals surface area contributed by atoms with Gasteiger partial charge in [-0.25, -0.2) is 9.19 Å². The summed E-state index contributed by atoms with van der Waals surface area (Å²) in [5, 5.41) is 3.70. The van der Waals surface area contributed by atoms with E-state index < -0.39 is 9.80 Å². The second-order valence-corrected chi connectivity index (χ2v) is 7.32. The van der Waals surface area contributed by atoms with Gasteiger partial charge in [0.25, 0.3) is 0 Å². The summed E-state index contributed by atoms with van der Waals surface area (Å²) in [4.78, 5) is 5.25. The highest BCUT2D eigenvalue weighted by Gasteiger charge is 2.22. The van der Waals surface area contributed by atoms with Gasteiger partial charge in [-0.2, -0.15) is 0 Å². The fourth-order valence-electron chi connectivity index (χ4n) is 1.22. The molecule has 1 N–H and O–H groups in total. The number of fused-ring (bicyclic) bond motifs is 1. The molecule has 0 radical (unpaired) electrons. The number of thiazole rings is 1. The third-order valence-corrected chi connectivity index (χ3v) is 4.71. The Kier molecular flexibility index (Phi) is 2.29. The van der Waals surface area contributed by atoms with Crippen molar-refractivity contribution in [2.24, 2.45) is 0 Å². The van der Waals surface area contributed by atoms with Gasteiger partial charge in [0.1, 0.15) is 9.80 Å². The maximum absolute atomic E-state index is 11.4. The Labute approximate surface area is 93.7 Å². The van der Waals surface area contributed by atoms with Crippen molar-refractivity contribution < 1.29 is 8.76 Å². The molecule has 1 aromatic rings. The summed E-state index contributed by atoms with van der Waals surface area (Å²) in [5.41, 5.74) is 0.790. The number of rotatable bonds is 0. The molecule has 0 saturated heterocycles. The van der Waals surface area contributed by atoms with Crippen molar-refractivity contribution in [2.75, 3.05) is 0 Å². The minimum absolute atomic E-state index is 0.0139. The van der Waals surface area contributed by atoms with Crippen molar-refractivity contribution in [3.05, 3.63) is 21.0 Å². The van der Waals surface area contributed by atoms with Gasteiger partial charge >= 0.3 is 0 Å². The highest BCUT2D eigenvalue weighted by Crippen LogP contribution is 2.30. The van der Waals surface area contributed by atoms with Gasteiger partial charge < -0.3 is 4.55 Å². The van der Waals surface area contributed by atoms with Gasteiger partial charge in [0, 0.05) is 16.2 Å². The van der Waals surface area contributed by atoms with Crippen molar-refractivity contribution in [2.45, 2.75) is 26.2 Å². The standard InChI is InChI=1S/C10H13NO2S2/c1-10(2,3)9-11-7-4-5-15(12,13)6-8(7)14-9/h4-6H,1-3H3,(H,12,13). The van der Waals surface area contributed by atoms with Gasteiger partial charge in [0.15, 0.2) is 0 Å². The molecule has 1 atom stereocenters. The van der Waals surface area contributed by atoms with Gasteiger partial charge in [-0.3, -0.25) is 0 Å². The fourth-order valence-corrected chi connectivity index (χ4v) is 3.54. The summed E-state index contributed by atoms with van der Waals surface area (Å²) in [7, 11) is -2.91. The van der Waals surface area contributed by atoms with E-state index in [1.54, 1.807) is 6.08 Å². The lowest BCUT2D eigenvalue weighted by molar-refractivity contribution is 0.570. The quantitative estimate of drug-likeness (QED) is 0.711. The topological polar surface area (TPSA) is 50.2 Å². The van der Waals surface area contributed by atoms with E-state index in [0.717, 1.165) is 15.6 Å². The Bertz CT molecular complexity index is 540. The molecule has 82 valence electrons. The summed E-state index contributed by atoms with van der Waals surface area (Å²) in [5.74, 6) is 0. The lowest BCUT2D eigenvalue weighted by Crippen LogP contribution is -2.10. The summed E-state index contributed by atoms with van der Waals surface area (Å²) in [6, 6.07) is 0. The first kappa shape index (κ1) is 10.9. The first-order valence-electron chi connectivity index (χ1n) is 4.59. The molecule has 0 spiro atoms. The smallest absolute Gasteiger partial charge is 0.105 e. The number of aromatic nitrogens is 1. The Morgan fingerprint density at radius 2 is 2.13 bits per heavy atom. The monoisotopic (exact) mass is 243 g/mol. The zero-order valence-corrected chi connectivity index (χ0v) is 10.5. The molecule has 0 aromatic carbocycles. The molecule has 1 aromatic heterocycles. The Hall–Kier alpha value is -0.650. The molecule has 1 unspecified atom stereocenters. The molecule has 1 aliphatic rings. The molecule has 2 heterocycles. The highest BCUT2D eigenvalue weighted by atomic mass is 32.2. The average molecular weight is 243 g/mol. The van der Waals surface area contributed by atoms with Crippen LogP contribution in [-0.4, -0.2) is 19.1 Å². The minimum atomic E-state index is -2.91. The maximum Gasteiger partial charge on any atom is 0.105 e. The number of nitrogens with zero attached hydrogens (tertiary/aromatic N) is 1. The van der Waals surface area contributed by atoms with Crippen molar-refractivity contribution in [3.8, 4) is 0 Å². The van der Waals surface area contributed by atoms with Gasteiger partial charge in [0.05, 0.1) is 15.6 Å². The fraction of sp³-hybridized carbons (Fsp3) is 0.400. The molecule has 0 aliphatic carbocycles. The van der Waals surface area contributed by atoms with Crippen LogP contribution in [0.25, 0.3) is 6.08 Å². The van der Waals surface area contributed by atoms with Crippen LogP contribution in [0.2, 0.25) is 0 Å². The van der Waals surface area contributed by atoms with E-state index in [1.807, 2.05) is 0 Å². The number of hydrogen-bond acceptors (Lipinski definition) is 3. The molecule has 5 heteroatoms. The molecular weight excluding hydrogens is 230 g/mol. The third kappa shape index (κ3) is 2.14. The first-order valence-corrected chi connectivity index (χ1v) is 7.04. The van der Waals surface area contributed by atoms with Crippen LogP contribution in [0.15, 0.2) is 5.41 Å². The van der Waals surface area contributed by atoms with Crippen LogP contribution in [0.5, 0.6) is 0 Å². The van der Waals surface area contributed by atoms with E-state index >= 15 is 0 Å². The zero-order chi connectivity index (χ0) is 11.3. The summed E-state index contributed by atoms with van der Waals surface area (Å²) >= 11 is 1.49. The molecule has 0 amide bonds. The SMILES string of the molecule is CC(C)(C)c1nc2c(s1)C=S(=O)(O)C=C2. The Balaban J connectivity index is 2.58. The molecule has 3 nitrogen and oxygen atoms in total. The van der Waals surface area contributed by atoms with Crippen molar-refractivity contribution >= 4 is 32.6 Å². The maximum atomic E-state index is 11.4. The van der Waals surface area contributed by atoms with Crippen LogP contribution in [0.3, 0.4) is 0 Å². The van der Waals surface area contributed by atoms with Crippen molar-refractivity contribution in [1.82, 2.24) is 4.98 Å². The average Bonchev–Trinajstić information content (AvgIpc) is 2.43. The summed E-state index contributed by atoms with van der Waals surface area (Å²) in [6.45, 7) is 6.24. The van der Waals surface area contributed by atoms with Crippen LogP contribution in [0, 0.1) is 0 Å². The summed E-state index contributed by atoms with van der Waals surface area (Å²) < 4.78 is 20.8. The molecule has 1 aliphatic heterocycles. The zero-order valence-electron chi connectivity index (χ0n) is 8.85. The molecular formula is C10H13NO2S2. The van der Waals surface area contributed by atoms with Gasteiger partial charge in [0.2, 0.25) is 0 Å². The largest absolute Gasteiger partial charge is 0.310 e. The summed E-state index contributed by atoms with van der Waals surface area (Å²) in [6.07, 6.45) is 1.63. The van der Waals surface area contributed by atoms with E-state index in [1.165, 1.54) is 22.1 Å². The van der Waals surface area contributed by atoms with E-state index in [0.29, 0.717) is 0 Å². The predicted octanol–water partition coefficient (Wildman–Crippen LogP) is 2.33. The second-order valence-electron chi connectivity index (χ2n) is 4.55. The van der Waals surface area contributed by atoms with E-state index in [2.05, 4.69) is 25.8 Å². The van der Waals surface area contributed by atoms with E-state index in [9.17, 15) is 8.76 Å². The molecule has 0 bridgehead atoms. The van der Waals surface area contributed by atoms with E-state index in [-0.39, 0.29) is 5.41 Å². The van der Waals surface area contributed by atoms with Gasteiger partial charge in [-0.15, -0.1) is 11.3 Å². The third-order valence-electron chi connectivity index (χ3n) is 2.02. The van der Waals surface area contributed by atoms with Crippen molar-refractivity contribution in [3.63, 3.8) is 0 Å². The van der Waals surface area contributed by atoms with Crippen LogP contribution in [-0.2, 0) is 15.2 Å². The second kappa shape index (κ2) is 3.17. The Morgan fingerprint density at radius 1 is 1.47 bits per heavy atom. The normalized spacial score (nSPS) is 24.8. The van der Waals surface area contributed by atoms with E-state index in [4.69, 9.17) is 0 Å².